The number of aromatic nitrogens is 2. The number of H-pyrrole nitrogens is 1. The van der Waals surface area contributed by atoms with Crippen molar-refractivity contribution < 1.29 is 19.0 Å². The molecule has 0 saturated heterocycles. The van der Waals surface area contributed by atoms with Crippen molar-refractivity contribution in [3.63, 3.8) is 0 Å². The molecule has 132 valence electrons. The van der Waals surface area contributed by atoms with Gasteiger partial charge in [-0.1, -0.05) is 12.1 Å². The van der Waals surface area contributed by atoms with Crippen molar-refractivity contribution in [3.05, 3.63) is 58.4 Å². The highest BCUT2D eigenvalue weighted by Gasteiger charge is 2.15. The lowest BCUT2D eigenvalue weighted by Gasteiger charge is -2.08. The van der Waals surface area contributed by atoms with E-state index in [2.05, 4.69) is 15.5 Å². The number of para-hydroxylation sites is 1. The molecule has 2 heterocycles. The summed E-state index contributed by atoms with van der Waals surface area (Å²) in [5, 5.41) is 9.62. The SMILES string of the molecule is O=C(NCCOc1ccc2c(c1)OCO2)c1n[nH]c2ccccc2c1=O. The lowest BCUT2D eigenvalue weighted by molar-refractivity contribution is 0.0940. The zero-order valence-corrected chi connectivity index (χ0v) is 13.7. The summed E-state index contributed by atoms with van der Waals surface area (Å²) in [5.74, 6) is 1.35. The lowest BCUT2D eigenvalue weighted by atomic mass is 10.2. The molecule has 1 amide bonds. The Morgan fingerprint density at radius 1 is 1.19 bits per heavy atom. The molecule has 0 bridgehead atoms. The Kier molecular flexibility index (Phi) is 4.14. The van der Waals surface area contributed by atoms with Gasteiger partial charge < -0.3 is 19.5 Å². The number of benzene rings is 2. The van der Waals surface area contributed by atoms with Gasteiger partial charge in [0.25, 0.3) is 5.91 Å². The molecule has 0 fully saturated rings. The highest BCUT2D eigenvalue weighted by molar-refractivity contribution is 5.95. The predicted molar refractivity (Wildman–Crippen MR) is 92.8 cm³/mol. The van der Waals surface area contributed by atoms with E-state index in [1.54, 1.807) is 42.5 Å². The topological polar surface area (TPSA) is 103 Å². The number of ether oxygens (including phenoxy) is 3. The first-order valence-corrected chi connectivity index (χ1v) is 8.00. The minimum atomic E-state index is -0.550. The van der Waals surface area contributed by atoms with Crippen LogP contribution in [0.4, 0.5) is 0 Å². The summed E-state index contributed by atoms with van der Waals surface area (Å²) in [6.45, 7) is 0.653. The van der Waals surface area contributed by atoms with Crippen LogP contribution in [0, 0.1) is 0 Å². The third-order valence-electron chi connectivity index (χ3n) is 3.89. The number of nitrogens with one attached hydrogen (secondary N) is 2. The molecule has 0 spiro atoms. The third kappa shape index (κ3) is 3.04. The molecule has 0 saturated carbocycles. The van der Waals surface area contributed by atoms with Crippen LogP contribution in [-0.2, 0) is 0 Å². The van der Waals surface area contributed by atoms with E-state index in [1.165, 1.54) is 0 Å². The Bertz CT molecular complexity index is 1030. The number of fused-ring (bicyclic) bond motifs is 2. The third-order valence-corrected chi connectivity index (χ3v) is 3.89. The second-order valence-corrected chi connectivity index (χ2v) is 5.57. The average Bonchev–Trinajstić information content (AvgIpc) is 3.13. The minimum Gasteiger partial charge on any atom is -0.492 e. The zero-order chi connectivity index (χ0) is 17.9. The van der Waals surface area contributed by atoms with Crippen LogP contribution in [0.15, 0.2) is 47.3 Å². The summed E-state index contributed by atoms with van der Waals surface area (Å²) < 4.78 is 16.1. The molecule has 0 unspecified atom stereocenters. The maximum absolute atomic E-state index is 12.3. The normalized spacial score (nSPS) is 12.2. The monoisotopic (exact) mass is 353 g/mol. The van der Waals surface area contributed by atoms with Crippen LogP contribution in [0.5, 0.6) is 17.2 Å². The van der Waals surface area contributed by atoms with Crippen molar-refractivity contribution in [1.82, 2.24) is 15.5 Å². The molecule has 0 aliphatic carbocycles. The molecule has 3 aromatic rings. The average molecular weight is 353 g/mol. The van der Waals surface area contributed by atoms with Crippen molar-refractivity contribution in [2.24, 2.45) is 0 Å². The Labute approximate surface area is 147 Å². The zero-order valence-electron chi connectivity index (χ0n) is 13.7. The summed E-state index contributed by atoms with van der Waals surface area (Å²) in [6, 6.07) is 12.1. The fraction of sp³-hybridized carbons (Fsp3) is 0.167. The smallest absolute Gasteiger partial charge is 0.275 e. The molecule has 8 heteroatoms. The minimum absolute atomic E-state index is 0.174. The fourth-order valence-electron chi connectivity index (χ4n) is 2.61. The number of hydrogen-bond acceptors (Lipinski definition) is 6. The van der Waals surface area contributed by atoms with Gasteiger partial charge in [0.2, 0.25) is 12.2 Å². The Hall–Kier alpha value is -3.55. The number of carbonyl (C=O) groups excluding carboxylic acids is 1. The van der Waals surface area contributed by atoms with Crippen molar-refractivity contribution in [3.8, 4) is 17.2 Å². The van der Waals surface area contributed by atoms with Gasteiger partial charge in [-0.2, -0.15) is 5.10 Å². The van der Waals surface area contributed by atoms with E-state index in [9.17, 15) is 9.59 Å². The standard InChI is InChI=1S/C18H15N3O5/c22-17-12-3-1-2-4-13(12)20-21-16(17)18(23)19-7-8-24-11-5-6-14-15(9-11)26-10-25-14/h1-6,9H,7-8,10H2,(H,19,23)(H,20,22). The Morgan fingerprint density at radius 2 is 2.04 bits per heavy atom. The van der Waals surface area contributed by atoms with Crippen LogP contribution in [0.25, 0.3) is 10.9 Å². The van der Waals surface area contributed by atoms with E-state index in [0.29, 0.717) is 28.2 Å². The van der Waals surface area contributed by atoms with E-state index in [0.717, 1.165) is 0 Å². The summed E-state index contributed by atoms with van der Waals surface area (Å²) >= 11 is 0. The number of rotatable bonds is 5. The quantitative estimate of drug-likeness (QED) is 0.673. The molecule has 2 aromatic carbocycles. The number of hydrogen-bond donors (Lipinski definition) is 2. The lowest BCUT2D eigenvalue weighted by Crippen LogP contribution is -2.33. The maximum Gasteiger partial charge on any atom is 0.275 e. The molecule has 1 aliphatic rings. The second kappa shape index (κ2) is 6.75. The van der Waals surface area contributed by atoms with Crippen LogP contribution in [0.2, 0.25) is 0 Å². The summed E-state index contributed by atoms with van der Waals surface area (Å²) in [5.41, 5.74) is 0.000472. The Morgan fingerprint density at radius 3 is 2.96 bits per heavy atom. The molecule has 26 heavy (non-hydrogen) atoms. The van der Waals surface area contributed by atoms with Crippen LogP contribution >= 0.6 is 0 Å². The van der Waals surface area contributed by atoms with Gasteiger partial charge in [0.1, 0.15) is 12.4 Å². The number of amides is 1. The second-order valence-electron chi connectivity index (χ2n) is 5.57. The van der Waals surface area contributed by atoms with Gasteiger partial charge >= 0.3 is 0 Å². The maximum atomic E-state index is 12.3. The first kappa shape index (κ1) is 15.9. The van der Waals surface area contributed by atoms with E-state index in [1.807, 2.05) is 0 Å². The fourth-order valence-corrected chi connectivity index (χ4v) is 2.61. The Balaban J connectivity index is 1.36. The van der Waals surface area contributed by atoms with Crippen LogP contribution in [0.3, 0.4) is 0 Å². The van der Waals surface area contributed by atoms with Gasteiger partial charge in [-0.15, -0.1) is 0 Å². The molecule has 0 radical (unpaired) electrons. The number of carbonyl (C=O) groups is 1. The molecule has 1 aromatic heterocycles. The van der Waals surface area contributed by atoms with Crippen molar-refractivity contribution in [1.29, 1.82) is 0 Å². The molecule has 4 rings (SSSR count). The molecule has 0 atom stereocenters. The van der Waals surface area contributed by atoms with Gasteiger partial charge in [0, 0.05) is 11.5 Å². The van der Waals surface area contributed by atoms with Crippen LogP contribution in [0.1, 0.15) is 10.5 Å². The van der Waals surface area contributed by atoms with Crippen molar-refractivity contribution in [2.75, 3.05) is 19.9 Å². The van der Waals surface area contributed by atoms with E-state index in [4.69, 9.17) is 14.2 Å². The van der Waals surface area contributed by atoms with Gasteiger partial charge in [-0.25, -0.2) is 0 Å². The summed E-state index contributed by atoms with van der Waals surface area (Å²) in [7, 11) is 0. The van der Waals surface area contributed by atoms with Gasteiger partial charge in [0.05, 0.1) is 12.1 Å². The van der Waals surface area contributed by atoms with Gasteiger partial charge in [0.15, 0.2) is 17.2 Å². The number of aromatic amines is 1. The van der Waals surface area contributed by atoms with Gasteiger partial charge in [-0.05, 0) is 24.3 Å². The van der Waals surface area contributed by atoms with Crippen LogP contribution < -0.4 is 25.0 Å². The summed E-state index contributed by atoms with van der Waals surface area (Å²) in [4.78, 5) is 24.5. The van der Waals surface area contributed by atoms with E-state index in [-0.39, 0.29) is 25.6 Å². The van der Waals surface area contributed by atoms with E-state index < -0.39 is 11.3 Å². The highest BCUT2D eigenvalue weighted by Crippen LogP contribution is 2.34. The largest absolute Gasteiger partial charge is 0.492 e. The molecule has 2 N–H and O–H groups in total. The molecular formula is C18H15N3O5. The first-order chi connectivity index (χ1) is 12.7. The predicted octanol–water partition coefficient (Wildman–Crippen LogP) is 1.46. The molecule has 1 aliphatic heterocycles. The molecular weight excluding hydrogens is 338 g/mol. The van der Waals surface area contributed by atoms with E-state index >= 15 is 0 Å². The van der Waals surface area contributed by atoms with Gasteiger partial charge in [-0.3, -0.25) is 14.7 Å². The molecule has 8 nitrogen and oxygen atoms in total. The summed E-state index contributed by atoms with van der Waals surface area (Å²) in [6.07, 6.45) is 0. The highest BCUT2D eigenvalue weighted by atomic mass is 16.7. The van der Waals surface area contributed by atoms with Crippen LogP contribution in [-0.4, -0.2) is 36.0 Å². The van der Waals surface area contributed by atoms with Crippen molar-refractivity contribution in [2.45, 2.75) is 0 Å². The first-order valence-electron chi connectivity index (χ1n) is 8.00. The van der Waals surface area contributed by atoms with Crippen molar-refractivity contribution >= 4 is 16.8 Å². The number of nitrogens with zero attached hydrogens (tertiary/aromatic N) is 1.